The summed E-state index contributed by atoms with van der Waals surface area (Å²) in [7, 11) is -3.54. The Morgan fingerprint density at radius 3 is 2.42 bits per heavy atom. The first-order valence-corrected chi connectivity index (χ1v) is 9.39. The Hall–Kier alpha value is -2.18. The van der Waals surface area contributed by atoms with Crippen LogP contribution < -0.4 is 9.62 Å². The van der Waals surface area contributed by atoms with Gasteiger partial charge in [-0.1, -0.05) is 18.2 Å². The molecule has 0 aliphatic carbocycles. The fraction of sp³-hybridized carbons (Fsp3) is 0.278. The number of carbonyl (C=O) groups is 1. The molecule has 1 heterocycles. The van der Waals surface area contributed by atoms with Gasteiger partial charge in [-0.25, -0.2) is 13.1 Å². The highest BCUT2D eigenvalue weighted by atomic mass is 32.2. The average molecular weight is 344 g/mol. The summed E-state index contributed by atoms with van der Waals surface area (Å²) in [6.07, 6.45) is 0.840. The van der Waals surface area contributed by atoms with Crippen molar-refractivity contribution in [1.29, 1.82) is 0 Å². The van der Waals surface area contributed by atoms with Crippen molar-refractivity contribution < 1.29 is 13.2 Å². The largest absolute Gasteiger partial charge is 0.308 e. The standard InChI is InChI=1S/C18H20N2O3S/c1-13(2)19-24(22,23)16-9-7-15(8-10-16)18(21)20-12-11-14-5-3-4-6-17(14)20/h3-10,13,19H,11-12H2,1-2H3. The third-order valence-corrected chi connectivity index (χ3v) is 5.61. The van der Waals surface area contributed by atoms with Crippen molar-refractivity contribution in [2.24, 2.45) is 0 Å². The van der Waals surface area contributed by atoms with E-state index in [1.54, 1.807) is 30.9 Å². The van der Waals surface area contributed by atoms with Crippen LogP contribution in [0.1, 0.15) is 29.8 Å². The molecule has 0 unspecified atom stereocenters. The minimum absolute atomic E-state index is 0.110. The van der Waals surface area contributed by atoms with Crippen LogP contribution in [0.4, 0.5) is 5.69 Å². The van der Waals surface area contributed by atoms with Gasteiger partial charge in [-0.05, 0) is 56.2 Å². The van der Waals surface area contributed by atoms with Gasteiger partial charge in [0.05, 0.1) is 4.90 Å². The van der Waals surface area contributed by atoms with E-state index in [4.69, 9.17) is 0 Å². The average Bonchev–Trinajstić information content (AvgIpc) is 2.97. The van der Waals surface area contributed by atoms with Crippen molar-refractivity contribution >= 4 is 21.6 Å². The molecule has 0 spiro atoms. The summed E-state index contributed by atoms with van der Waals surface area (Å²) in [5, 5.41) is 0. The number of benzene rings is 2. The molecular formula is C18H20N2O3S. The second-order valence-electron chi connectivity index (χ2n) is 6.14. The lowest BCUT2D eigenvalue weighted by atomic mass is 10.1. The Kier molecular flexibility index (Phi) is 4.43. The number of nitrogens with one attached hydrogen (secondary N) is 1. The van der Waals surface area contributed by atoms with E-state index >= 15 is 0 Å². The molecular weight excluding hydrogens is 324 g/mol. The van der Waals surface area contributed by atoms with Gasteiger partial charge in [-0.15, -0.1) is 0 Å². The number of fused-ring (bicyclic) bond motifs is 1. The van der Waals surface area contributed by atoms with Crippen molar-refractivity contribution in [3.63, 3.8) is 0 Å². The Morgan fingerprint density at radius 1 is 1.08 bits per heavy atom. The highest BCUT2D eigenvalue weighted by Crippen LogP contribution is 2.29. The van der Waals surface area contributed by atoms with Gasteiger partial charge in [0, 0.05) is 23.8 Å². The molecule has 0 saturated carbocycles. The van der Waals surface area contributed by atoms with E-state index in [1.165, 1.54) is 12.1 Å². The minimum Gasteiger partial charge on any atom is -0.308 e. The predicted molar refractivity (Wildman–Crippen MR) is 93.7 cm³/mol. The molecule has 0 fully saturated rings. The van der Waals surface area contributed by atoms with Crippen LogP contribution in [0.15, 0.2) is 53.4 Å². The Labute approximate surface area is 142 Å². The lowest BCUT2D eigenvalue weighted by molar-refractivity contribution is 0.0989. The fourth-order valence-corrected chi connectivity index (χ4v) is 4.11. The van der Waals surface area contributed by atoms with Crippen LogP contribution in [0.5, 0.6) is 0 Å². The van der Waals surface area contributed by atoms with Gasteiger partial charge in [0.25, 0.3) is 5.91 Å². The molecule has 126 valence electrons. The first-order chi connectivity index (χ1) is 11.4. The maximum absolute atomic E-state index is 12.7. The summed E-state index contributed by atoms with van der Waals surface area (Å²) in [5.41, 5.74) is 2.57. The first-order valence-electron chi connectivity index (χ1n) is 7.90. The number of sulfonamides is 1. The molecule has 1 aliphatic rings. The summed E-state index contributed by atoms with van der Waals surface area (Å²) in [6, 6.07) is 13.7. The normalized spacial score (nSPS) is 14.0. The molecule has 0 atom stereocenters. The zero-order valence-corrected chi connectivity index (χ0v) is 14.5. The summed E-state index contributed by atoms with van der Waals surface area (Å²) in [4.78, 5) is 14.6. The van der Waals surface area contributed by atoms with Crippen molar-refractivity contribution in [3.8, 4) is 0 Å². The van der Waals surface area contributed by atoms with E-state index in [1.807, 2.05) is 24.3 Å². The molecule has 2 aromatic carbocycles. The number of carbonyl (C=O) groups excluding carboxylic acids is 1. The maximum Gasteiger partial charge on any atom is 0.258 e. The maximum atomic E-state index is 12.7. The second kappa shape index (κ2) is 6.37. The van der Waals surface area contributed by atoms with Crippen LogP contribution in [0, 0.1) is 0 Å². The molecule has 1 N–H and O–H groups in total. The molecule has 1 amide bonds. The van der Waals surface area contributed by atoms with Gasteiger partial charge >= 0.3 is 0 Å². The van der Waals surface area contributed by atoms with E-state index in [2.05, 4.69) is 4.72 Å². The van der Waals surface area contributed by atoms with E-state index in [-0.39, 0.29) is 16.8 Å². The zero-order chi connectivity index (χ0) is 17.3. The molecule has 0 aromatic heterocycles. The fourth-order valence-electron chi connectivity index (χ4n) is 2.86. The number of hydrogen-bond acceptors (Lipinski definition) is 3. The van der Waals surface area contributed by atoms with Gasteiger partial charge in [0.15, 0.2) is 0 Å². The van der Waals surface area contributed by atoms with Crippen LogP contribution in [-0.2, 0) is 16.4 Å². The molecule has 5 nitrogen and oxygen atoms in total. The predicted octanol–water partition coefficient (Wildman–Crippen LogP) is 2.58. The molecule has 0 saturated heterocycles. The molecule has 3 rings (SSSR count). The van der Waals surface area contributed by atoms with Gasteiger partial charge < -0.3 is 4.90 Å². The van der Waals surface area contributed by atoms with E-state index in [0.717, 1.165) is 17.7 Å². The van der Waals surface area contributed by atoms with Crippen LogP contribution in [-0.4, -0.2) is 26.9 Å². The summed E-state index contributed by atoms with van der Waals surface area (Å²) in [5.74, 6) is -0.110. The topological polar surface area (TPSA) is 66.5 Å². The van der Waals surface area contributed by atoms with Crippen LogP contribution in [0.3, 0.4) is 0 Å². The summed E-state index contributed by atoms with van der Waals surface area (Å²) < 4.78 is 26.8. The monoisotopic (exact) mass is 344 g/mol. The number of para-hydroxylation sites is 1. The van der Waals surface area contributed by atoms with E-state index in [0.29, 0.717) is 12.1 Å². The molecule has 6 heteroatoms. The Bertz CT molecular complexity index is 858. The van der Waals surface area contributed by atoms with Crippen molar-refractivity contribution in [3.05, 3.63) is 59.7 Å². The molecule has 0 bridgehead atoms. The molecule has 24 heavy (non-hydrogen) atoms. The number of nitrogens with zero attached hydrogens (tertiary/aromatic N) is 1. The number of rotatable bonds is 4. The summed E-state index contributed by atoms with van der Waals surface area (Å²) in [6.45, 7) is 4.17. The molecule has 1 aliphatic heterocycles. The molecule has 2 aromatic rings. The SMILES string of the molecule is CC(C)NS(=O)(=O)c1ccc(C(=O)N2CCc3ccccc32)cc1. The lowest BCUT2D eigenvalue weighted by Crippen LogP contribution is -2.30. The number of hydrogen-bond donors (Lipinski definition) is 1. The first kappa shape index (κ1) is 16.7. The van der Waals surface area contributed by atoms with Gasteiger partial charge in [-0.2, -0.15) is 0 Å². The Balaban J connectivity index is 1.83. The quantitative estimate of drug-likeness (QED) is 0.927. The lowest BCUT2D eigenvalue weighted by Gasteiger charge is -2.17. The second-order valence-corrected chi connectivity index (χ2v) is 7.85. The van der Waals surface area contributed by atoms with Gasteiger partial charge in [0.2, 0.25) is 10.0 Å². The van der Waals surface area contributed by atoms with Crippen molar-refractivity contribution in [1.82, 2.24) is 4.72 Å². The third-order valence-electron chi connectivity index (χ3n) is 3.93. The zero-order valence-electron chi connectivity index (χ0n) is 13.7. The molecule has 0 radical (unpaired) electrons. The third kappa shape index (κ3) is 3.20. The number of anilines is 1. The number of amides is 1. The van der Waals surface area contributed by atoms with Crippen LogP contribution in [0.2, 0.25) is 0 Å². The Morgan fingerprint density at radius 2 is 1.75 bits per heavy atom. The minimum atomic E-state index is -3.54. The smallest absolute Gasteiger partial charge is 0.258 e. The van der Waals surface area contributed by atoms with E-state index in [9.17, 15) is 13.2 Å². The van der Waals surface area contributed by atoms with E-state index < -0.39 is 10.0 Å². The van der Waals surface area contributed by atoms with Crippen LogP contribution >= 0.6 is 0 Å². The van der Waals surface area contributed by atoms with Gasteiger partial charge in [-0.3, -0.25) is 4.79 Å². The van der Waals surface area contributed by atoms with Gasteiger partial charge in [0.1, 0.15) is 0 Å². The van der Waals surface area contributed by atoms with Crippen molar-refractivity contribution in [2.45, 2.75) is 31.2 Å². The highest BCUT2D eigenvalue weighted by Gasteiger charge is 2.25. The highest BCUT2D eigenvalue weighted by molar-refractivity contribution is 7.89. The summed E-state index contributed by atoms with van der Waals surface area (Å²) >= 11 is 0. The van der Waals surface area contributed by atoms with Crippen LogP contribution in [0.25, 0.3) is 0 Å². The van der Waals surface area contributed by atoms with Crippen molar-refractivity contribution in [2.75, 3.05) is 11.4 Å².